The predicted molar refractivity (Wildman–Crippen MR) is 108 cm³/mol. The van der Waals surface area contributed by atoms with Crippen LogP contribution < -0.4 is 0 Å². The van der Waals surface area contributed by atoms with Crippen molar-refractivity contribution >= 4 is 49.4 Å². The lowest BCUT2D eigenvalue weighted by atomic mass is 9.93. The number of benzene rings is 2. The molecule has 2 aromatic carbocycles. The van der Waals surface area contributed by atoms with Crippen LogP contribution in [0.4, 0.5) is 0 Å². The summed E-state index contributed by atoms with van der Waals surface area (Å²) < 4.78 is 12.0. The van der Waals surface area contributed by atoms with Gasteiger partial charge in [0.15, 0.2) is 5.57 Å². The molecular weight excluding hydrogens is 464 g/mol. The first-order chi connectivity index (χ1) is 12.5. The molecule has 0 heterocycles. The number of rotatable bonds is 6. The van der Waals surface area contributed by atoms with Crippen LogP contribution in [0, 0.1) is 0 Å². The Morgan fingerprint density at radius 1 is 0.731 bits per heavy atom. The van der Waals surface area contributed by atoms with Crippen LogP contribution in [0.15, 0.2) is 63.0 Å². The van der Waals surface area contributed by atoms with Gasteiger partial charge in [0.1, 0.15) is 0 Å². The van der Waals surface area contributed by atoms with Gasteiger partial charge in [-0.15, -0.1) is 0 Å². The SMILES string of the molecule is CCOC(=O)C(C(=O)OCC)=C(c1ccc(Br)cc1)c1ccc(Br)cc1. The fourth-order valence-electron chi connectivity index (χ4n) is 2.38. The number of carbonyl (C=O) groups is 2. The summed E-state index contributed by atoms with van der Waals surface area (Å²) in [5, 5.41) is 0. The normalized spacial score (nSPS) is 10.2. The van der Waals surface area contributed by atoms with E-state index in [4.69, 9.17) is 9.47 Å². The predicted octanol–water partition coefficient (Wildman–Crippen LogP) is 5.14. The highest BCUT2D eigenvalue weighted by atomic mass is 79.9. The third-order valence-corrected chi connectivity index (χ3v) is 4.53. The Labute approximate surface area is 169 Å². The minimum Gasteiger partial charge on any atom is -0.462 e. The first-order valence-electron chi connectivity index (χ1n) is 8.08. The lowest BCUT2D eigenvalue weighted by Gasteiger charge is -2.15. The number of esters is 2. The molecule has 2 rings (SSSR count). The van der Waals surface area contributed by atoms with E-state index in [1.54, 1.807) is 13.8 Å². The highest BCUT2D eigenvalue weighted by molar-refractivity contribution is 9.10. The molecule has 6 heteroatoms. The molecule has 4 nitrogen and oxygen atoms in total. The van der Waals surface area contributed by atoms with Crippen molar-refractivity contribution in [3.8, 4) is 0 Å². The molecule has 0 radical (unpaired) electrons. The average molecular weight is 482 g/mol. The lowest BCUT2D eigenvalue weighted by molar-refractivity contribution is -0.146. The van der Waals surface area contributed by atoms with Gasteiger partial charge >= 0.3 is 11.9 Å². The first-order valence-corrected chi connectivity index (χ1v) is 9.66. The fourth-order valence-corrected chi connectivity index (χ4v) is 2.91. The number of hydrogen-bond acceptors (Lipinski definition) is 4. The number of carbonyl (C=O) groups excluding carboxylic acids is 2. The summed E-state index contributed by atoms with van der Waals surface area (Å²) in [6.45, 7) is 3.71. The molecule has 0 saturated carbocycles. The summed E-state index contributed by atoms with van der Waals surface area (Å²) in [6, 6.07) is 14.7. The Morgan fingerprint density at radius 2 is 1.08 bits per heavy atom. The molecule has 2 aromatic rings. The second-order valence-corrected chi connectivity index (χ2v) is 7.04. The van der Waals surface area contributed by atoms with Gasteiger partial charge in [-0.05, 0) is 49.2 Å². The van der Waals surface area contributed by atoms with E-state index in [2.05, 4.69) is 31.9 Å². The van der Waals surface area contributed by atoms with Crippen LogP contribution in [0.25, 0.3) is 5.57 Å². The van der Waals surface area contributed by atoms with Gasteiger partial charge in [-0.25, -0.2) is 9.59 Å². The van der Waals surface area contributed by atoms with Crippen molar-refractivity contribution in [2.24, 2.45) is 0 Å². The Hall–Kier alpha value is -1.92. The van der Waals surface area contributed by atoms with E-state index in [1.807, 2.05) is 48.5 Å². The van der Waals surface area contributed by atoms with Crippen molar-refractivity contribution in [2.75, 3.05) is 13.2 Å². The van der Waals surface area contributed by atoms with Gasteiger partial charge in [0.25, 0.3) is 0 Å². The maximum atomic E-state index is 12.6. The van der Waals surface area contributed by atoms with Crippen LogP contribution in [0.1, 0.15) is 25.0 Å². The standard InChI is InChI=1S/C20H18Br2O4/c1-3-25-19(23)18(20(24)26-4-2)17(13-5-9-15(21)10-6-13)14-7-11-16(22)12-8-14/h5-12H,3-4H2,1-2H3. The molecule has 0 unspecified atom stereocenters. The van der Waals surface area contributed by atoms with Crippen molar-refractivity contribution in [3.63, 3.8) is 0 Å². The van der Waals surface area contributed by atoms with E-state index in [0.717, 1.165) is 8.95 Å². The van der Waals surface area contributed by atoms with Crippen LogP contribution in [0.3, 0.4) is 0 Å². The molecule has 0 saturated heterocycles. The molecule has 0 fully saturated rings. The van der Waals surface area contributed by atoms with Crippen LogP contribution in [-0.4, -0.2) is 25.2 Å². The van der Waals surface area contributed by atoms with Crippen molar-refractivity contribution < 1.29 is 19.1 Å². The minimum atomic E-state index is -0.702. The topological polar surface area (TPSA) is 52.6 Å². The number of halogens is 2. The molecule has 0 aliphatic rings. The molecule has 0 amide bonds. The molecule has 26 heavy (non-hydrogen) atoms. The van der Waals surface area contributed by atoms with Crippen LogP contribution in [-0.2, 0) is 19.1 Å². The summed E-state index contributed by atoms with van der Waals surface area (Å²) in [6.07, 6.45) is 0. The van der Waals surface area contributed by atoms with Gasteiger partial charge in [-0.3, -0.25) is 0 Å². The number of hydrogen-bond donors (Lipinski definition) is 0. The highest BCUT2D eigenvalue weighted by Crippen LogP contribution is 2.30. The molecule has 0 aliphatic heterocycles. The van der Waals surface area contributed by atoms with Crippen LogP contribution in [0.2, 0.25) is 0 Å². The van der Waals surface area contributed by atoms with Gasteiger partial charge in [0, 0.05) is 14.5 Å². The Bertz CT molecular complexity index is 741. The summed E-state index contributed by atoms with van der Waals surface area (Å²) in [4.78, 5) is 25.2. The molecule has 0 bridgehead atoms. The van der Waals surface area contributed by atoms with Gasteiger partial charge in [-0.2, -0.15) is 0 Å². The Balaban J connectivity index is 2.76. The zero-order valence-corrected chi connectivity index (χ0v) is 17.6. The van der Waals surface area contributed by atoms with Gasteiger partial charge < -0.3 is 9.47 Å². The van der Waals surface area contributed by atoms with Crippen LogP contribution >= 0.6 is 31.9 Å². The fraction of sp³-hybridized carbons (Fsp3) is 0.200. The largest absolute Gasteiger partial charge is 0.462 e. The number of ether oxygens (including phenoxy) is 2. The molecular formula is C20H18Br2O4. The molecule has 136 valence electrons. The molecule has 0 N–H and O–H groups in total. The van der Waals surface area contributed by atoms with Crippen molar-refractivity contribution in [1.82, 2.24) is 0 Å². The molecule has 0 spiro atoms. The maximum Gasteiger partial charge on any atom is 0.346 e. The van der Waals surface area contributed by atoms with E-state index in [0.29, 0.717) is 16.7 Å². The van der Waals surface area contributed by atoms with Crippen molar-refractivity contribution in [3.05, 3.63) is 74.2 Å². The summed E-state index contributed by atoms with van der Waals surface area (Å²) in [5.41, 5.74) is 1.79. The summed E-state index contributed by atoms with van der Waals surface area (Å²) in [7, 11) is 0. The van der Waals surface area contributed by atoms with E-state index >= 15 is 0 Å². The zero-order chi connectivity index (χ0) is 19.1. The van der Waals surface area contributed by atoms with Crippen LogP contribution in [0.5, 0.6) is 0 Å². The first kappa shape index (κ1) is 20.4. The van der Waals surface area contributed by atoms with Crippen molar-refractivity contribution in [2.45, 2.75) is 13.8 Å². The lowest BCUT2D eigenvalue weighted by Crippen LogP contribution is -2.20. The Kier molecular flexibility index (Phi) is 7.60. The van der Waals surface area contributed by atoms with E-state index in [1.165, 1.54) is 0 Å². The molecule has 0 aromatic heterocycles. The third kappa shape index (κ3) is 5.05. The van der Waals surface area contributed by atoms with E-state index < -0.39 is 11.9 Å². The van der Waals surface area contributed by atoms with Gasteiger partial charge in [0.05, 0.1) is 13.2 Å². The third-order valence-electron chi connectivity index (χ3n) is 3.47. The van der Waals surface area contributed by atoms with Crippen molar-refractivity contribution in [1.29, 1.82) is 0 Å². The monoisotopic (exact) mass is 480 g/mol. The zero-order valence-electron chi connectivity index (χ0n) is 14.4. The summed E-state index contributed by atoms with van der Waals surface area (Å²) >= 11 is 6.80. The minimum absolute atomic E-state index is 0.113. The summed E-state index contributed by atoms with van der Waals surface area (Å²) in [5.74, 6) is -1.40. The second kappa shape index (κ2) is 9.69. The quantitative estimate of drug-likeness (QED) is 0.248. The maximum absolute atomic E-state index is 12.6. The Morgan fingerprint density at radius 3 is 1.38 bits per heavy atom. The van der Waals surface area contributed by atoms with E-state index in [9.17, 15) is 9.59 Å². The average Bonchev–Trinajstić information content (AvgIpc) is 2.62. The van der Waals surface area contributed by atoms with Gasteiger partial charge in [0.2, 0.25) is 0 Å². The second-order valence-electron chi connectivity index (χ2n) is 5.20. The molecule has 0 atom stereocenters. The highest BCUT2D eigenvalue weighted by Gasteiger charge is 2.27. The smallest absolute Gasteiger partial charge is 0.346 e. The molecule has 0 aliphatic carbocycles. The van der Waals surface area contributed by atoms with Gasteiger partial charge in [-0.1, -0.05) is 56.1 Å². The van der Waals surface area contributed by atoms with E-state index in [-0.39, 0.29) is 18.8 Å².